The lowest BCUT2D eigenvalue weighted by Crippen LogP contribution is -2.04. The van der Waals surface area contributed by atoms with E-state index in [0.29, 0.717) is 12.8 Å². The van der Waals surface area contributed by atoms with E-state index in [1.807, 2.05) is 0 Å². The Balaban J connectivity index is 2.63. The van der Waals surface area contributed by atoms with Crippen molar-refractivity contribution in [2.45, 2.75) is 51.4 Å². The molecule has 0 radical (unpaired) electrons. The number of carbonyl (C=O) groups excluding carboxylic acids is 1. The van der Waals surface area contributed by atoms with Crippen LogP contribution in [0.15, 0.2) is 11.6 Å². The number of carbonyl (C=O) groups is 2. The van der Waals surface area contributed by atoms with Crippen molar-refractivity contribution in [3.8, 4) is 0 Å². The molecular weight excluding hydrogens is 192 g/mol. The van der Waals surface area contributed by atoms with Gasteiger partial charge in [-0.25, -0.2) is 4.79 Å². The minimum absolute atomic E-state index is 0.0331. The Morgan fingerprint density at radius 2 is 1.53 bits per heavy atom. The number of carboxylic acid groups (broad SMARTS) is 1. The molecule has 0 aliphatic heterocycles. The Morgan fingerprint density at radius 3 is 2.13 bits per heavy atom. The number of hydrogen-bond acceptors (Lipinski definition) is 2. The van der Waals surface area contributed by atoms with Crippen LogP contribution in [0.3, 0.4) is 0 Å². The van der Waals surface area contributed by atoms with Gasteiger partial charge in [0, 0.05) is 12.0 Å². The summed E-state index contributed by atoms with van der Waals surface area (Å²) in [6.07, 6.45) is 8.59. The molecule has 3 heteroatoms. The molecule has 15 heavy (non-hydrogen) atoms. The molecule has 0 aromatic carbocycles. The molecule has 0 saturated carbocycles. The monoisotopic (exact) mass is 210 g/mol. The van der Waals surface area contributed by atoms with Gasteiger partial charge in [-0.05, 0) is 25.3 Å². The SMILES string of the molecule is O=C1/C=C(\C(=O)O)CCCCCCCC1. The highest BCUT2D eigenvalue weighted by Gasteiger charge is 2.10. The van der Waals surface area contributed by atoms with Gasteiger partial charge in [-0.15, -0.1) is 0 Å². The zero-order valence-corrected chi connectivity index (χ0v) is 9.00. The van der Waals surface area contributed by atoms with Gasteiger partial charge in [0.1, 0.15) is 0 Å². The van der Waals surface area contributed by atoms with Crippen molar-refractivity contribution in [3.63, 3.8) is 0 Å². The minimum Gasteiger partial charge on any atom is -0.478 e. The topological polar surface area (TPSA) is 54.4 Å². The van der Waals surface area contributed by atoms with Gasteiger partial charge in [0.05, 0.1) is 0 Å². The number of hydrogen-bond donors (Lipinski definition) is 1. The lowest BCUT2D eigenvalue weighted by molar-refractivity contribution is -0.133. The molecule has 0 atom stereocenters. The normalized spacial score (nSPS) is 23.7. The zero-order valence-electron chi connectivity index (χ0n) is 9.00. The van der Waals surface area contributed by atoms with Gasteiger partial charge in [0.2, 0.25) is 0 Å². The third kappa shape index (κ3) is 4.77. The predicted octanol–water partition coefficient (Wildman–Crippen LogP) is 2.70. The Morgan fingerprint density at radius 1 is 1.00 bits per heavy atom. The van der Waals surface area contributed by atoms with Crippen molar-refractivity contribution < 1.29 is 14.7 Å². The van der Waals surface area contributed by atoms with E-state index < -0.39 is 5.97 Å². The van der Waals surface area contributed by atoms with Crippen LogP contribution in [-0.2, 0) is 9.59 Å². The van der Waals surface area contributed by atoms with Crippen LogP contribution in [0.2, 0.25) is 0 Å². The summed E-state index contributed by atoms with van der Waals surface area (Å²) in [5.41, 5.74) is 0.280. The van der Waals surface area contributed by atoms with Gasteiger partial charge in [-0.3, -0.25) is 4.79 Å². The summed E-state index contributed by atoms with van der Waals surface area (Å²) in [5, 5.41) is 8.88. The van der Waals surface area contributed by atoms with E-state index in [4.69, 9.17) is 5.11 Å². The molecule has 1 rings (SSSR count). The van der Waals surface area contributed by atoms with E-state index in [9.17, 15) is 9.59 Å². The Bertz CT molecular complexity index is 266. The second-order valence-corrected chi connectivity index (χ2v) is 4.06. The summed E-state index contributed by atoms with van der Waals surface area (Å²) in [6, 6.07) is 0. The molecule has 1 aliphatic carbocycles. The van der Waals surface area contributed by atoms with Crippen LogP contribution >= 0.6 is 0 Å². The maximum Gasteiger partial charge on any atom is 0.331 e. The molecule has 0 aromatic rings. The minimum atomic E-state index is -0.942. The first kappa shape index (κ1) is 12.0. The van der Waals surface area contributed by atoms with Crippen molar-refractivity contribution >= 4 is 11.8 Å². The predicted molar refractivity (Wildman–Crippen MR) is 57.7 cm³/mol. The van der Waals surface area contributed by atoms with E-state index >= 15 is 0 Å². The third-order valence-electron chi connectivity index (χ3n) is 2.73. The Hall–Kier alpha value is -1.12. The van der Waals surface area contributed by atoms with Crippen molar-refractivity contribution in [2.24, 2.45) is 0 Å². The molecule has 0 heterocycles. The molecule has 1 aliphatic rings. The second-order valence-electron chi connectivity index (χ2n) is 4.06. The number of aliphatic carboxylic acids is 1. The van der Waals surface area contributed by atoms with E-state index in [-0.39, 0.29) is 11.4 Å². The summed E-state index contributed by atoms with van der Waals surface area (Å²) in [5.74, 6) is -0.975. The number of rotatable bonds is 1. The molecule has 1 N–H and O–H groups in total. The van der Waals surface area contributed by atoms with E-state index in [1.54, 1.807) is 0 Å². The smallest absolute Gasteiger partial charge is 0.331 e. The first-order valence-electron chi connectivity index (χ1n) is 5.67. The second kappa shape index (κ2) is 6.38. The van der Waals surface area contributed by atoms with Crippen LogP contribution in [0.25, 0.3) is 0 Å². The first-order chi connectivity index (χ1) is 7.20. The summed E-state index contributed by atoms with van der Waals surface area (Å²) < 4.78 is 0. The molecular formula is C12H18O3. The highest BCUT2D eigenvalue weighted by Crippen LogP contribution is 2.15. The molecule has 0 fully saturated rings. The zero-order chi connectivity index (χ0) is 11.1. The van der Waals surface area contributed by atoms with Crippen LogP contribution in [0.4, 0.5) is 0 Å². The largest absolute Gasteiger partial charge is 0.478 e. The molecule has 3 nitrogen and oxygen atoms in total. The van der Waals surface area contributed by atoms with Crippen molar-refractivity contribution in [1.29, 1.82) is 0 Å². The van der Waals surface area contributed by atoms with Gasteiger partial charge in [-0.1, -0.05) is 25.7 Å². The molecule has 84 valence electrons. The van der Waals surface area contributed by atoms with Crippen LogP contribution in [0, 0.1) is 0 Å². The standard InChI is InChI=1S/C12H18O3/c13-11-8-6-4-2-1-3-5-7-10(9-11)12(14)15/h9H,1-8H2,(H,14,15)/b10-9-. The number of carboxylic acids is 1. The van der Waals surface area contributed by atoms with Crippen molar-refractivity contribution in [2.75, 3.05) is 0 Å². The average Bonchev–Trinajstić information content (AvgIpc) is 2.23. The highest BCUT2D eigenvalue weighted by molar-refractivity contribution is 5.98. The molecule has 0 saturated heterocycles. The Labute approximate surface area is 90.2 Å². The van der Waals surface area contributed by atoms with Crippen molar-refractivity contribution in [3.05, 3.63) is 11.6 Å². The first-order valence-corrected chi connectivity index (χ1v) is 5.67. The van der Waals surface area contributed by atoms with Gasteiger partial charge in [0.25, 0.3) is 0 Å². The molecule has 0 bridgehead atoms. The maximum atomic E-state index is 11.4. The highest BCUT2D eigenvalue weighted by atomic mass is 16.4. The molecule has 0 amide bonds. The lowest BCUT2D eigenvalue weighted by atomic mass is 10.1. The van der Waals surface area contributed by atoms with Crippen LogP contribution in [0.5, 0.6) is 0 Å². The van der Waals surface area contributed by atoms with Gasteiger partial charge in [0.15, 0.2) is 5.78 Å². The Kier molecular flexibility index (Phi) is 5.08. The van der Waals surface area contributed by atoms with Crippen molar-refractivity contribution in [1.82, 2.24) is 0 Å². The van der Waals surface area contributed by atoms with E-state index in [2.05, 4.69) is 0 Å². The summed E-state index contributed by atoms with van der Waals surface area (Å²) in [6.45, 7) is 0. The third-order valence-corrected chi connectivity index (χ3v) is 2.73. The quantitative estimate of drug-likeness (QED) is 0.724. The van der Waals surface area contributed by atoms with E-state index in [0.717, 1.165) is 38.5 Å². The van der Waals surface area contributed by atoms with Gasteiger partial charge < -0.3 is 5.11 Å². The lowest BCUT2D eigenvalue weighted by Gasteiger charge is -2.00. The van der Waals surface area contributed by atoms with Crippen LogP contribution < -0.4 is 0 Å². The molecule has 0 spiro atoms. The van der Waals surface area contributed by atoms with E-state index in [1.165, 1.54) is 6.08 Å². The fraction of sp³-hybridized carbons (Fsp3) is 0.667. The summed E-state index contributed by atoms with van der Waals surface area (Å²) in [7, 11) is 0. The van der Waals surface area contributed by atoms with Crippen LogP contribution in [0.1, 0.15) is 51.4 Å². The molecule has 0 unspecified atom stereocenters. The molecule has 0 aromatic heterocycles. The summed E-state index contributed by atoms with van der Waals surface area (Å²) in [4.78, 5) is 22.2. The average molecular weight is 210 g/mol. The van der Waals surface area contributed by atoms with Gasteiger partial charge >= 0.3 is 5.97 Å². The number of ketones is 1. The summed E-state index contributed by atoms with van der Waals surface area (Å²) >= 11 is 0. The maximum absolute atomic E-state index is 11.4. The number of allylic oxidation sites excluding steroid dienone is 1. The van der Waals surface area contributed by atoms with Gasteiger partial charge in [-0.2, -0.15) is 0 Å². The fourth-order valence-corrected chi connectivity index (χ4v) is 1.83. The van der Waals surface area contributed by atoms with Crippen LogP contribution in [-0.4, -0.2) is 16.9 Å². The fourth-order valence-electron chi connectivity index (χ4n) is 1.83.